The Morgan fingerprint density at radius 3 is 2.44 bits per heavy atom. The molecular formula is C28H21F2N5O5S. The number of nitrogens with one attached hydrogen (secondary N) is 3. The number of nitrogens with zero attached hydrogens (tertiary/aromatic N) is 2. The first-order valence-electron chi connectivity index (χ1n) is 12.4. The SMILES string of the molecule is CCS(=O)(=O)Nc1cc2oc(-c3ccc(F)cc3)c(C(=O)NC)c2cc1-c1nnc(-c2cc3c(F)cccc3[nH]2)o1. The number of amides is 1. The number of hydrogen-bond donors (Lipinski definition) is 3. The maximum absolute atomic E-state index is 14.2. The predicted molar refractivity (Wildman–Crippen MR) is 149 cm³/mol. The van der Waals surface area contributed by atoms with Crippen molar-refractivity contribution in [1.82, 2.24) is 20.5 Å². The van der Waals surface area contributed by atoms with E-state index in [9.17, 15) is 22.0 Å². The minimum absolute atomic E-state index is 0.0331. The van der Waals surface area contributed by atoms with Gasteiger partial charge in [-0.1, -0.05) is 6.07 Å². The van der Waals surface area contributed by atoms with Crippen molar-refractivity contribution in [1.29, 1.82) is 0 Å². The Bertz CT molecular complexity index is 2060. The molecule has 3 N–H and O–H groups in total. The number of halogens is 2. The van der Waals surface area contributed by atoms with Crippen LogP contribution in [0.4, 0.5) is 14.5 Å². The maximum atomic E-state index is 14.2. The van der Waals surface area contributed by atoms with Gasteiger partial charge in [0, 0.05) is 35.0 Å². The van der Waals surface area contributed by atoms with Crippen LogP contribution in [0, 0.1) is 11.6 Å². The normalized spacial score (nSPS) is 11.8. The van der Waals surface area contributed by atoms with Gasteiger partial charge >= 0.3 is 0 Å². The predicted octanol–water partition coefficient (Wildman–Crippen LogP) is 5.70. The van der Waals surface area contributed by atoms with Crippen molar-refractivity contribution >= 4 is 43.5 Å². The molecule has 0 aliphatic carbocycles. The van der Waals surface area contributed by atoms with E-state index in [1.54, 1.807) is 12.1 Å². The smallest absolute Gasteiger partial charge is 0.264 e. The van der Waals surface area contributed by atoms with E-state index in [4.69, 9.17) is 8.83 Å². The van der Waals surface area contributed by atoms with Gasteiger partial charge in [0.2, 0.25) is 15.9 Å². The Kier molecular flexibility index (Phi) is 6.30. The fourth-order valence-electron chi connectivity index (χ4n) is 4.47. The molecule has 0 aliphatic heterocycles. The molecule has 3 aromatic carbocycles. The second-order valence-electron chi connectivity index (χ2n) is 9.09. The minimum Gasteiger partial charge on any atom is -0.455 e. The zero-order valence-electron chi connectivity index (χ0n) is 21.6. The van der Waals surface area contributed by atoms with E-state index < -0.39 is 27.6 Å². The van der Waals surface area contributed by atoms with Gasteiger partial charge in [0.25, 0.3) is 11.8 Å². The number of benzene rings is 3. The number of furan rings is 1. The molecule has 10 nitrogen and oxygen atoms in total. The van der Waals surface area contributed by atoms with Crippen molar-refractivity contribution in [3.05, 3.63) is 77.9 Å². The Morgan fingerprint density at radius 1 is 0.976 bits per heavy atom. The molecule has 13 heteroatoms. The second-order valence-corrected chi connectivity index (χ2v) is 11.1. The number of sulfonamides is 1. The summed E-state index contributed by atoms with van der Waals surface area (Å²) in [6.45, 7) is 1.48. The molecule has 0 saturated heterocycles. The molecule has 0 fully saturated rings. The monoisotopic (exact) mass is 577 g/mol. The number of aromatic nitrogens is 3. The van der Waals surface area contributed by atoms with Crippen molar-refractivity contribution in [2.45, 2.75) is 6.92 Å². The first-order chi connectivity index (χ1) is 19.7. The second kappa shape index (κ2) is 9.86. The Labute approximate surface area is 231 Å². The van der Waals surface area contributed by atoms with E-state index in [0.717, 1.165) is 0 Å². The molecule has 0 spiro atoms. The summed E-state index contributed by atoms with van der Waals surface area (Å²) in [5, 5.41) is 11.4. The first kappa shape index (κ1) is 26.2. The topological polar surface area (TPSA) is 143 Å². The van der Waals surface area contributed by atoms with E-state index in [0.29, 0.717) is 27.5 Å². The molecule has 0 unspecified atom stereocenters. The Morgan fingerprint density at radius 2 is 1.73 bits per heavy atom. The minimum atomic E-state index is -3.77. The van der Waals surface area contributed by atoms with Gasteiger partial charge in [-0.2, -0.15) is 0 Å². The summed E-state index contributed by atoms with van der Waals surface area (Å²) in [6, 6.07) is 14.4. The van der Waals surface area contributed by atoms with Gasteiger partial charge in [0.15, 0.2) is 0 Å². The summed E-state index contributed by atoms with van der Waals surface area (Å²) < 4.78 is 67.4. The molecule has 0 aliphatic rings. The molecule has 41 heavy (non-hydrogen) atoms. The number of anilines is 1. The zero-order chi connectivity index (χ0) is 28.9. The average molecular weight is 578 g/mol. The lowest BCUT2D eigenvalue weighted by Gasteiger charge is -2.10. The van der Waals surface area contributed by atoms with Crippen LogP contribution in [0.1, 0.15) is 17.3 Å². The number of hydrogen-bond acceptors (Lipinski definition) is 7. The molecule has 3 aromatic heterocycles. The summed E-state index contributed by atoms with van der Waals surface area (Å²) in [5.41, 5.74) is 1.89. The molecule has 1 amide bonds. The third-order valence-electron chi connectivity index (χ3n) is 6.53. The van der Waals surface area contributed by atoms with Crippen LogP contribution in [0.15, 0.2) is 69.5 Å². The van der Waals surface area contributed by atoms with Gasteiger partial charge in [-0.05, 0) is 55.5 Å². The highest BCUT2D eigenvalue weighted by atomic mass is 32.2. The van der Waals surface area contributed by atoms with Crippen LogP contribution in [0.2, 0.25) is 0 Å². The molecule has 0 bridgehead atoms. The first-order valence-corrected chi connectivity index (χ1v) is 14.0. The molecule has 6 rings (SSSR count). The van der Waals surface area contributed by atoms with Crippen molar-refractivity contribution in [2.24, 2.45) is 0 Å². The lowest BCUT2D eigenvalue weighted by atomic mass is 10.0. The third-order valence-corrected chi connectivity index (χ3v) is 7.82. The van der Waals surface area contributed by atoms with Crippen LogP contribution in [0.3, 0.4) is 0 Å². The van der Waals surface area contributed by atoms with Crippen LogP contribution in [-0.4, -0.2) is 42.3 Å². The highest BCUT2D eigenvalue weighted by Gasteiger charge is 2.26. The van der Waals surface area contributed by atoms with Crippen LogP contribution < -0.4 is 10.0 Å². The van der Waals surface area contributed by atoms with E-state index in [1.165, 1.54) is 62.5 Å². The van der Waals surface area contributed by atoms with E-state index in [2.05, 4.69) is 25.2 Å². The van der Waals surface area contributed by atoms with Crippen LogP contribution in [-0.2, 0) is 10.0 Å². The quantitative estimate of drug-likeness (QED) is 0.221. The molecule has 0 atom stereocenters. The van der Waals surface area contributed by atoms with Crippen LogP contribution >= 0.6 is 0 Å². The van der Waals surface area contributed by atoms with Gasteiger partial charge in [0.05, 0.1) is 22.6 Å². The number of carbonyl (C=O) groups excluding carboxylic acids is 1. The van der Waals surface area contributed by atoms with Gasteiger partial charge in [-0.25, -0.2) is 17.2 Å². The summed E-state index contributed by atoms with van der Waals surface area (Å²) in [4.78, 5) is 16.0. The van der Waals surface area contributed by atoms with Crippen molar-refractivity contribution in [3.8, 4) is 34.4 Å². The molecule has 3 heterocycles. The van der Waals surface area contributed by atoms with Gasteiger partial charge in [0.1, 0.15) is 28.7 Å². The molecule has 0 saturated carbocycles. The third kappa shape index (κ3) is 4.69. The number of rotatable bonds is 7. The van der Waals surface area contributed by atoms with Gasteiger partial charge in [-0.15, -0.1) is 10.2 Å². The number of carbonyl (C=O) groups is 1. The van der Waals surface area contributed by atoms with E-state index in [-0.39, 0.29) is 45.7 Å². The Hall–Kier alpha value is -5.04. The van der Waals surface area contributed by atoms with Crippen LogP contribution in [0.5, 0.6) is 0 Å². The number of aromatic amines is 1. The summed E-state index contributed by atoms with van der Waals surface area (Å²) >= 11 is 0. The highest BCUT2D eigenvalue weighted by Crippen LogP contribution is 2.40. The van der Waals surface area contributed by atoms with Gasteiger partial charge in [-0.3, -0.25) is 9.52 Å². The lowest BCUT2D eigenvalue weighted by molar-refractivity contribution is 0.0964. The lowest BCUT2D eigenvalue weighted by Crippen LogP contribution is -2.18. The maximum Gasteiger partial charge on any atom is 0.264 e. The van der Waals surface area contributed by atoms with Crippen molar-refractivity contribution in [2.75, 3.05) is 17.5 Å². The zero-order valence-corrected chi connectivity index (χ0v) is 22.4. The Balaban J connectivity index is 1.55. The summed E-state index contributed by atoms with van der Waals surface area (Å²) in [5.74, 6) is -1.47. The molecule has 0 radical (unpaired) electrons. The van der Waals surface area contributed by atoms with Gasteiger partial charge < -0.3 is 19.1 Å². The van der Waals surface area contributed by atoms with Crippen molar-refractivity contribution in [3.63, 3.8) is 0 Å². The summed E-state index contributed by atoms with van der Waals surface area (Å²) in [7, 11) is -2.32. The molecule has 208 valence electrons. The standard InChI is InChI=1S/C28H21F2N5O5S/c1-3-41(37,38)35-21-13-23-18(24(26(36)31-2)25(39-23)14-7-9-15(29)10-8-14)11-17(21)27-33-34-28(40-27)22-12-16-19(30)5-4-6-20(16)32-22/h4-13,32,35H,3H2,1-2H3,(H,31,36). The van der Waals surface area contributed by atoms with Crippen LogP contribution in [0.25, 0.3) is 56.2 Å². The number of H-pyrrole nitrogens is 1. The largest absolute Gasteiger partial charge is 0.455 e. The summed E-state index contributed by atoms with van der Waals surface area (Å²) in [6.07, 6.45) is 0. The van der Waals surface area contributed by atoms with E-state index in [1.807, 2.05) is 0 Å². The van der Waals surface area contributed by atoms with Crippen molar-refractivity contribution < 1.29 is 30.8 Å². The average Bonchev–Trinajstić information content (AvgIpc) is 3.69. The fraction of sp³-hybridized carbons (Fsp3) is 0.107. The fourth-order valence-corrected chi connectivity index (χ4v) is 5.12. The molecule has 6 aromatic rings. The highest BCUT2D eigenvalue weighted by molar-refractivity contribution is 7.92. The number of fused-ring (bicyclic) bond motifs is 2. The molecular weight excluding hydrogens is 556 g/mol. The van der Waals surface area contributed by atoms with E-state index >= 15 is 0 Å².